The van der Waals surface area contributed by atoms with Crippen LogP contribution in [0, 0.1) is 0 Å². The van der Waals surface area contributed by atoms with Crippen LogP contribution in [0.1, 0.15) is 0 Å². The molecule has 78 valence electrons. The molecule has 0 heterocycles. The molecule has 3 rings (SSSR count). The van der Waals surface area contributed by atoms with Crippen molar-refractivity contribution in [3.63, 3.8) is 0 Å². The van der Waals surface area contributed by atoms with Crippen LogP contribution in [-0.4, -0.2) is 0 Å². The van der Waals surface area contributed by atoms with Crippen LogP contribution in [0.25, 0.3) is 21.5 Å². The number of hydrogen-bond acceptors (Lipinski definition) is 2. The highest BCUT2D eigenvalue weighted by molar-refractivity contribution is 6.18. The van der Waals surface area contributed by atoms with Crippen molar-refractivity contribution in [3.8, 4) is 0 Å². The van der Waals surface area contributed by atoms with Gasteiger partial charge in [0.05, 0.1) is 11.4 Å². The molecule has 0 radical (unpaired) electrons. The average Bonchev–Trinajstić information content (AvgIpc) is 2.36. The first-order chi connectivity index (χ1) is 7.79. The molecule has 0 atom stereocenters. The SMILES string of the molecule is Nc1c(N)c2ccccc2c2ccccc12. The summed E-state index contributed by atoms with van der Waals surface area (Å²) in [6.45, 7) is 0. The lowest BCUT2D eigenvalue weighted by molar-refractivity contribution is 1.73. The van der Waals surface area contributed by atoms with E-state index in [1.807, 2.05) is 36.4 Å². The summed E-state index contributed by atoms with van der Waals surface area (Å²) in [4.78, 5) is 0. The third-order valence-corrected chi connectivity index (χ3v) is 3.01. The summed E-state index contributed by atoms with van der Waals surface area (Å²) in [6.07, 6.45) is 0. The Hall–Kier alpha value is -2.22. The highest BCUT2D eigenvalue weighted by atomic mass is 14.7. The van der Waals surface area contributed by atoms with Crippen LogP contribution in [-0.2, 0) is 0 Å². The number of benzene rings is 3. The molecule has 0 unspecified atom stereocenters. The minimum atomic E-state index is 0.675. The monoisotopic (exact) mass is 208 g/mol. The van der Waals surface area contributed by atoms with Crippen molar-refractivity contribution in [2.24, 2.45) is 0 Å². The number of hydrogen-bond donors (Lipinski definition) is 2. The summed E-state index contributed by atoms with van der Waals surface area (Å²) < 4.78 is 0. The lowest BCUT2D eigenvalue weighted by Crippen LogP contribution is -1.97. The van der Waals surface area contributed by atoms with Gasteiger partial charge in [-0.15, -0.1) is 0 Å². The standard InChI is InChI=1S/C14H12N2/c15-13-11-7-3-1-5-9(11)10-6-2-4-8-12(10)14(13)16/h1-8H,15-16H2. The van der Waals surface area contributed by atoms with Crippen LogP contribution < -0.4 is 11.5 Å². The zero-order chi connectivity index (χ0) is 11.1. The van der Waals surface area contributed by atoms with E-state index in [4.69, 9.17) is 11.5 Å². The summed E-state index contributed by atoms with van der Waals surface area (Å²) in [5, 5.41) is 4.37. The van der Waals surface area contributed by atoms with Crippen LogP contribution >= 0.6 is 0 Å². The van der Waals surface area contributed by atoms with E-state index in [2.05, 4.69) is 12.1 Å². The minimum absolute atomic E-state index is 0.675. The topological polar surface area (TPSA) is 52.0 Å². The summed E-state index contributed by atoms with van der Waals surface area (Å²) in [6, 6.07) is 16.2. The van der Waals surface area contributed by atoms with Crippen molar-refractivity contribution < 1.29 is 0 Å². The van der Waals surface area contributed by atoms with Crippen LogP contribution in [0.2, 0.25) is 0 Å². The number of fused-ring (bicyclic) bond motifs is 3. The highest BCUT2D eigenvalue weighted by Gasteiger charge is 2.08. The van der Waals surface area contributed by atoms with E-state index in [1.54, 1.807) is 0 Å². The molecule has 0 spiro atoms. The Balaban J connectivity index is 2.69. The van der Waals surface area contributed by atoms with E-state index in [-0.39, 0.29) is 0 Å². The normalized spacial score (nSPS) is 11.0. The summed E-state index contributed by atoms with van der Waals surface area (Å²) >= 11 is 0. The molecule has 3 aromatic rings. The lowest BCUT2D eigenvalue weighted by atomic mass is 9.99. The second-order valence-corrected chi connectivity index (χ2v) is 3.92. The van der Waals surface area contributed by atoms with Crippen LogP contribution in [0.5, 0.6) is 0 Å². The Labute approximate surface area is 93.5 Å². The lowest BCUT2D eigenvalue weighted by Gasteiger charge is -2.10. The third-order valence-electron chi connectivity index (χ3n) is 3.01. The van der Waals surface area contributed by atoms with Gasteiger partial charge in [-0.05, 0) is 10.8 Å². The van der Waals surface area contributed by atoms with Crippen LogP contribution in [0.15, 0.2) is 48.5 Å². The molecular formula is C14H12N2. The van der Waals surface area contributed by atoms with Crippen molar-refractivity contribution in [2.45, 2.75) is 0 Å². The van der Waals surface area contributed by atoms with Gasteiger partial charge in [-0.2, -0.15) is 0 Å². The fourth-order valence-electron chi connectivity index (χ4n) is 2.20. The molecule has 4 N–H and O–H groups in total. The molecule has 3 aromatic carbocycles. The van der Waals surface area contributed by atoms with Crippen molar-refractivity contribution in [3.05, 3.63) is 48.5 Å². The molecule has 0 aliphatic heterocycles. The second kappa shape index (κ2) is 3.14. The van der Waals surface area contributed by atoms with E-state index in [0.29, 0.717) is 11.4 Å². The number of rotatable bonds is 0. The zero-order valence-corrected chi connectivity index (χ0v) is 8.77. The molecule has 0 amide bonds. The number of nitrogen functional groups attached to an aromatic ring is 2. The van der Waals surface area contributed by atoms with Gasteiger partial charge in [-0.1, -0.05) is 48.5 Å². The first-order valence-electron chi connectivity index (χ1n) is 5.23. The van der Waals surface area contributed by atoms with E-state index < -0.39 is 0 Å². The number of anilines is 2. The second-order valence-electron chi connectivity index (χ2n) is 3.92. The Bertz CT molecular complexity index is 626. The fourth-order valence-corrected chi connectivity index (χ4v) is 2.20. The molecule has 0 saturated carbocycles. The molecule has 0 aromatic heterocycles. The van der Waals surface area contributed by atoms with Gasteiger partial charge in [0.2, 0.25) is 0 Å². The van der Waals surface area contributed by atoms with E-state index in [9.17, 15) is 0 Å². The van der Waals surface area contributed by atoms with Gasteiger partial charge in [0.15, 0.2) is 0 Å². The maximum atomic E-state index is 6.06. The van der Waals surface area contributed by atoms with Crippen molar-refractivity contribution >= 4 is 32.9 Å². The molecule has 2 heteroatoms. The van der Waals surface area contributed by atoms with Crippen molar-refractivity contribution in [1.29, 1.82) is 0 Å². The minimum Gasteiger partial charge on any atom is -0.397 e. The van der Waals surface area contributed by atoms with E-state index in [1.165, 1.54) is 0 Å². The first-order valence-corrected chi connectivity index (χ1v) is 5.23. The Kier molecular flexibility index (Phi) is 1.77. The van der Waals surface area contributed by atoms with Crippen LogP contribution in [0.4, 0.5) is 11.4 Å². The van der Waals surface area contributed by atoms with Crippen molar-refractivity contribution in [2.75, 3.05) is 11.5 Å². The molecule has 0 aliphatic carbocycles. The number of nitrogens with two attached hydrogens (primary N) is 2. The molecule has 0 aliphatic rings. The molecule has 0 saturated heterocycles. The molecule has 16 heavy (non-hydrogen) atoms. The van der Waals surface area contributed by atoms with Gasteiger partial charge in [0, 0.05) is 10.8 Å². The van der Waals surface area contributed by atoms with Gasteiger partial charge >= 0.3 is 0 Å². The predicted octanol–water partition coefficient (Wildman–Crippen LogP) is 3.16. The third kappa shape index (κ3) is 1.07. The van der Waals surface area contributed by atoms with Gasteiger partial charge in [0.25, 0.3) is 0 Å². The quantitative estimate of drug-likeness (QED) is 0.339. The molecule has 0 bridgehead atoms. The predicted molar refractivity (Wildman–Crippen MR) is 70.3 cm³/mol. The largest absolute Gasteiger partial charge is 0.397 e. The molecule has 0 fully saturated rings. The van der Waals surface area contributed by atoms with E-state index in [0.717, 1.165) is 21.5 Å². The molecule has 2 nitrogen and oxygen atoms in total. The van der Waals surface area contributed by atoms with Gasteiger partial charge < -0.3 is 11.5 Å². The van der Waals surface area contributed by atoms with E-state index >= 15 is 0 Å². The first kappa shape index (κ1) is 9.04. The fraction of sp³-hybridized carbons (Fsp3) is 0. The Morgan fingerprint density at radius 3 is 1.19 bits per heavy atom. The maximum Gasteiger partial charge on any atom is 0.0634 e. The Morgan fingerprint density at radius 2 is 0.812 bits per heavy atom. The Morgan fingerprint density at radius 1 is 0.500 bits per heavy atom. The summed E-state index contributed by atoms with van der Waals surface area (Å²) in [7, 11) is 0. The highest BCUT2D eigenvalue weighted by Crippen LogP contribution is 2.35. The molecular weight excluding hydrogens is 196 g/mol. The van der Waals surface area contributed by atoms with Gasteiger partial charge in [-0.3, -0.25) is 0 Å². The smallest absolute Gasteiger partial charge is 0.0634 e. The summed E-state index contributed by atoms with van der Waals surface area (Å²) in [5.74, 6) is 0. The van der Waals surface area contributed by atoms with Crippen molar-refractivity contribution in [1.82, 2.24) is 0 Å². The summed E-state index contributed by atoms with van der Waals surface area (Å²) in [5.41, 5.74) is 13.5. The van der Waals surface area contributed by atoms with Gasteiger partial charge in [-0.25, -0.2) is 0 Å². The zero-order valence-electron chi connectivity index (χ0n) is 8.77. The van der Waals surface area contributed by atoms with Crippen LogP contribution in [0.3, 0.4) is 0 Å². The van der Waals surface area contributed by atoms with Gasteiger partial charge in [0.1, 0.15) is 0 Å². The maximum absolute atomic E-state index is 6.06. The average molecular weight is 208 g/mol.